The highest BCUT2D eigenvalue weighted by molar-refractivity contribution is 4.84. The van der Waals surface area contributed by atoms with E-state index in [9.17, 15) is 8.78 Å². The lowest BCUT2D eigenvalue weighted by Crippen LogP contribution is -1.94. The zero-order chi connectivity index (χ0) is 5.70. The molecule has 0 amide bonds. The number of hydrogen-bond donors (Lipinski definition) is 0. The van der Waals surface area contributed by atoms with Crippen LogP contribution in [-0.4, -0.2) is 12.8 Å². The van der Waals surface area contributed by atoms with Gasteiger partial charge in [-0.1, -0.05) is 12.2 Å². The molecule has 0 radical (unpaired) electrons. The Kier molecular flexibility index (Phi) is 3.56. The Morgan fingerprint density at radius 3 is 2.43 bits per heavy atom. The summed E-state index contributed by atoms with van der Waals surface area (Å²) in [5.74, 6) is 0. The molecule has 0 bridgehead atoms. The van der Waals surface area contributed by atoms with Gasteiger partial charge in [0.1, 0.15) is 12.8 Å². The van der Waals surface area contributed by atoms with Gasteiger partial charge in [0.05, 0.1) is 0 Å². The van der Waals surface area contributed by atoms with Gasteiger partial charge >= 0.3 is 0 Å². The first-order valence-corrected chi connectivity index (χ1v) is 2.14. The third kappa shape index (κ3) is 3.43. The fourth-order valence-electron chi connectivity index (χ4n) is 0.260. The van der Waals surface area contributed by atoms with Crippen LogP contribution in [-0.2, 0) is 0 Å². The summed E-state index contributed by atoms with van der Waals surface area (Å²) in [6.07, 6.45) is 1.27. The van der Waals surface area contributed by atoms with E-state index in [1.807, 2.05) is 0 Å². The van der Waals surface area contributed by atoms with Crippen molar-refractivity contribution in [3.8, 4) is 0 Å². The van der Waals surface area contributed by atoms with Gasteiger partial charge in [-0.25, -0.2) is 8.78 Å². The maximum absolute atomic E-state index is 11.7. The molecule has 0 nitrogen and oxygen atoms in total. The highest BCUT2D eigenvalue weighted by atomic mass is 19.2. The quantitative estimate of drug-likeness (QED) is 0.471. The van der Waals surface area contributed by atoms with E-state index in [2.05, 4.69) is 0 Å². The van der Waals surface area contributed by atoms with Crippen molar-refractivity contribution >= 4 is 0 Å². The topological polar surface area (TPSA) is 0 Å². The number of halogens is 2. The molecular weight excluding hydrogens is 98.1 g/mol. The third-order valence-electron chi connectivity index (χ3n) is 0.549. The molecule has 0 aliphatic heterocycles. The molecule has 0 aliphatic carbocycles. The molecule has 0 aromatic heterocycles. The second kappa shape index (κ2) is 3.78. The minimum atomic E-state index is -1.40. The smallest absolute Gasteiger partial charge is 0.146 e. The summed E-state index contributed by atoms with van der Waals surface area (Å²) in [5, 5.41) is 0. The van der Waals surface area contributed by atoms with Gasteiger partial charge in [-0.05, 0) is 6.92 Å². The van der Waals surface area contributed by atoms with Gasteiger partial charge in [-0.15, -0.1) is 0 Å². The van der Waals surface area contributed by atoms with E-state index in [0.717, 1.165) is 0 Å². The first-order chi connectivity index (χ1) is 3.31. The zero-order valence-electron chi connectivity index (χ0n) is 4.20. The van der Waals surface area contributed by atoms with Crippen LogP contribution >= 0.6 is 0 Å². The van der Waals surface area contributed by atoms with E-state index < -0.39 is 12.8 Å². The Morgan fingerprint density at radius 1 is 1.71 bits per heavy atom. The predicted octanol–water partition coefficient (Wildman–Crippen LogP) is 1.87. The third-order valence-corrected chi connectivity index (χ3v) is 0.549. The van der Waals surface area contributed by atoms with Crippen molar-refractivity contribution in [2.75, 3.05) is 6.67 Å². The average molecular weight is 106 g/mol. The molecule has 1 unspecified atom stereocenters. The van der Waals surface area contributed by atoms with Crippen LogP contribution in [0.5, 0.6) is 0 Å². The Balaban J connectivity index is 3.16. The summed E-state index contributed by atoms with van der Waals surface area (Å²) in [7, 11) is 0. The maximum Gasteiger partial charge on any atom is 0.146 e. The van der Waals surface area contributed by atoms with Crippen LogP contribution < -0.4 is 0 Å². The van der Waals surface area contributed by atoms with Crippen LogP contribution in [0.25, 0.3) is 0 Å². The molecule has 7 heavy (non-hydrogen) atoms. The minimum absolute atomic E-state index is 0.912. The average Bonchev–Trinajstić information content (AvgIpc) is 1.68. The lowest BCUT2D eigenvalue weighted by Gasteiger charge is -1.88. The first kappa shape index (κ1) is 6.60. The molecular formula is C5H8F2. The van der Waals surface area contributed by atoms with Crippen molar-refractivity contribution in [3.05, 3.63) is 12.2 Å². The van der Waals surface area contributed by atoms with Gasteiger partial charge in [0.25, 0.3) is 0 Å². The first-order valence-electron chi connectivity index (χ1n) is 2.14. The predicted molar refractivity (Wildman–Crippen MR) is 25.7 cm³/mol. The molecule has 0 aliphatic rings. The van der Waals surface area contributed by atoms with E-state index in [1.54, 1.807) is 6.92 Å². The summed E-state index contributed by atoms with van der Waals surface area (Å²) in [6, 6.07) is 0. The monoisotopic (exact) mass is 106 g/mol. The largest absolute Gasteiger partial charge is 0.248 e. The van der Waals surface area contributed by atoms with Gasteiger partial charge in [-0.3, -0.25) is 0 Å². The Bertz CT molecular complexity index is 59.1. The van der Waals surface area contributed by atoms with Gasteiger partial charge in [0, 0.05) is 0 Å². The van der Waals surface area contributed by atoms with Crippen molar-refractivity contribution in [3.63, 3.8) is 0 Å². The number of alkyl halides is 2. The standard InChI is InChI=1S/C5H8F2/c1-2-3-5(7)4-6/h2-3,5H,4H2,1H3/b3-2+. The van der Waals surface area contributed by atoms with Crippen molar-refractivity contribution in [2.24, 2.45) is 0 Å². The molecule has 0 spiro atoms. The molecule has 1 atom stereocenters. The summed E-state index contributed by atoms with van der Waals surface area (Å²) in [5.41, 5.74) is 0. The van der Waals surface area contributed by atoms with Crippen LogP contribution in [0, 0.1) is 0 Å². The fraction of sp³-hybridized carbons (Fsp3) is 0.600. The number of rotatable bonds is 2. The van der Waals surface area contributed by atoms with E-state index in [-0.39, 0.29) is 0 Å². The van der Waals surface area contributed by atoms with Crippen LogP contribution in [0.3, 0.4) is 0 Å². The van der Waals surface area contributed by atoms with E-state index in [1.165, 1.54) is 12.2 Å². The molecule has 0 rings (SSSR count). The normalized spacial score (nSPS) is 15.3. The van der Waals surface area contributed by atoms with Gasteiger partial charge in [0.2, 0.25) is 0 Å². The lowest BCUT2D eigenvalue weighted by molar-refractivity contribution is 0.310. The molecule has 0 N–H and O–H groups in total. The van der Waals surface area contributed by atoms with Gasteiger partial charge in [0.15, 0.2) is 0 Å². The van der Waals surface area contributed by atoms with E-state index in [0.29, 0.717) is 0 Å². The van der Waals surface area contributed by atoms with Crippen molar-refractivity contribution < 1.29 is 8.78 Å². The van der Waals surface area contributed by atoms with Crippen molar-refractivity contribution in [1.29, 1.82) is 0 Å². The van der Waals surface area contributed by atoms with Gasteiger partial charge in [-0.2, -0.15) is 0 Å². The SMILES string of the molecule is C/C=C/C(F)CF. The summed E-state index contributed by atoms with van der Waals surface area (Å²) in [4.78, 5) is 0. The van der Waals surface area contributed by atoms with Crippen LogP contribution in [0.15, 0.2) is 12.2 Å². The molecule has 0 aromatic rings. The molecule has 0 fully saturated rings. The Hall–Kier alpha value is -0.400. The highest BCUT2D eigenvalue weighted by Crippen LogP contribution is 1.91. The second-order valence-corrected chi connectivity index (χ2v) is 1.20. The minimum Gasteiger partial charge on any atom is -0.248 e. The van der Waals surface area contributed by atoms with Gasteiger partial charge < -0.3 is 0 Å². The molecule has 2 heteroatoms. The molecule has 0 heterocycles. The second-order valence-electron chi connectivity index (χ2n) is 1.20. The number of allylic oxidation sites excluding steroid dienone is 2. The maximum atomic E-state index is 11.7. The van der Waals surface area contributed by atoms with Crippen LogP contribution in [0.2, 0.25) is 0 Å². The molecule has 0 saturated heterocycles. The summed E-state index contributed by atoms with van der Waals surface area (Å²) in [6.45, 7) is 0.743. The van der Waals surface area contributed by atoms with Crippen molar-refractivity contribution in [2.45, 2.75) is 13.1 Å². The molecule has 0 aromatic carbocycles. The molecule has 42 valence electrons. The number of hydrogen-bond acceptors (Lipinski definition) is 0. The van der Waals surface area contributed by atoms with Crippen molar-refractivity contribution in [1.82, 2.24) is 0 Å². The van der Waals surface area contributed by atoms with E-state index >= 15 is 0 Å². The summed E-state index contributed by atoms with van der Waals surface area (Å²) >= 11 is 0. The zero-order valence-corrected chi connectivity index (χ0v) is 4.20. The molecule has 0 saturated carbocycles. The van der Waals surface area contributed by atoms with Crippen LogP contribution in [0.4, 0.5) is 8.78 Å². The Labute approximate surface area is 41.8 Å². The fourth-order valence-corrected chi connectivity index (χ4v) is 0.260. The van der Waals surface area contributed by atoms with E-state index in [4.69, 9.17) is 0 Å². The highest BCUT2D eigenvalue weighted by Gasteiger charge is 1.94. The summed E-state index contributed by atoms with van der Waals surface area (Å²) < 4.78 is 22.8. The Morgan fingerprint density at radius 2 is 2.29 bits per heavy atom. The lowest BCUT2D eigenvalue weighted by atomic mass is 10.4. The van der Waals surface area contributed by atoms with Crippen LogP contribution in [0.1, 0.15) is 6.92 Å².